The van der Waals surface area contributed by atoms with Gasteiger partial charge in [0, 0.05) is 36.8 Å². The van der Waals surface area contributed by atoms with Crippen LogP contribution in [0, 0.1) is 0 Å². The Bertz CT molecular complexity index is 1430. The number of fused-ring (bicyclic) bond motifs is 1. The van der Waals surface area contributed by atoms with Crippen LogP contribution in [0.3, 0.4) is 0 Å². The fourth-order valence-corrected chi connectivity index (χ4v) is 4.55. The number of carbonyl (C=O) groups is 1. The first kappa shape index (κ1) is 23.3. The van der Waals surface area contributed by atoms with Crippen molar-refractivity contribution >= 4 is 39.1 Å². The minimum absolute atomic E-state index is 0.0221. The minimum Gasteiger partial charge on any atom is -0.493 e. The summed E-state index contributed by atoms with van der Waals surface area (Å²) >= 11 is 0. The zero-order valence-electron chi connectivity index (χ0n) is 19.2. The number of cyclic esters (lactones) is 1. The lowest BCUT2D eigenvalue weighted by molar-refractivity contribution is -0.129. The van der Waals surface area contributed by atoms with Crippen LogP contribution in [0.2, 0.25) is 0 Å². The molecule has 2 aromatic carbocycles. The van der Waals surface area contributed by atoms with Gasteiger partial charge in [-0.15, -0.1) is 0 Å². The topological polar surface area (TPSA) is 109 Å². The molecule has 0 saturated carbocycles. The molecule has 0 N–H and O–H groups in total. The summed E-state index contributed by atoms with van der Waals surface area (Å²) in [4.78, 5) is 17.0. The van der Waals surface area contributed by atoms with Gasteiger partial charge in [-0.3, -0.25) is 0 Å². The van der Waals surface area contributed by atoms with Gasteiger partial charge in [0.25, 0.3) is 0 Å². The highest BCUT2D eigenvalue weighted by Crippen LogP contribution is 2.39. The third-order valence-corrected chi connectivity index (χ3v) is 6.97. The molecule has 0 fully saturated rings. The molecule has 1 aromatic heterocycles. The number of aliphatic imine (C=N–C) groups is 1. The minimum atomic E-state index is -3.78. The first-order chi connectivity index (χ1) is 16.2. The van der Waals surface area contributed by atoms with E-state index in [4.69, 9.17) is 18.9 Å². The van der Waals surface area contributed by atoms with Crippen molar-refractivity contribution in [1.82, 2.24) is 8.28 Å². The molecule has 0 amide bonds. The number of hydrogen-bond acceptors (Lipinski definition) is 8. The summed E-state index contributed by atoms with van der Waals surface area (Å²) in [6.45, 7) is 0. The Morgan fingerprint density at radius 2 is 1.68 bits per heavy atom. The van der Waals surface area contributed by atoms with Crippen molar-refractivity contribution in [2.24, 2.45) is 4.99 Å². The summed E-state index contributed by atoms with van der Waals surface area (Å²) in [5.41, 5.74) is 1.45. The lowest BCUT2D eigenvalue weighted by atomic mass is 10.1. The van der Waals surface area contributed by atoms with Crippen LogP contribution in [0.15, 0.2) is 53.3 Å². The molecule has 1 aliphatic heterocycles. The first-order valence-electron chi connectivity index (χ1n) is 10.1. The van der Waals surface area contributed by atoms with Crippen LogP contribution in [0.25, 0.3) is 17.0 Å². The van der Waals surface area contributed by atoms with E-state index in [9.17, 15) is 13.2 Å². The molecule has 10 nitrogen and oxygen atoms in total. The number of para-hydroxylation sites is 1. The van der Waals surface area contributed by atoms with Gasteiger partial charge in [0.1, 0.15) is 0 Å². The predicted molar refractivity (Wildman–Crippen MR) is 127 cm³/mol. The maximum absolute atomic E-state index is 12.8. The number of nitrogens with zero attached hydrogens (tertiary/aromatic N) is 3. The van der Waals surface area contributed by atoms with Crippen molar-refractivity contribution in [1.29, 1.82) is 0 Å². The van der Waals surface area contributed by atoms with Crippen molar-refractivity contribution in [3.8, 4) is 17.2 Å². The zero-order chi connectivity index (χ0) is 24.6. The van der Waals surface area contributed by atoms with Crippen LogP contribution in [0.4, 0.5) is 0 Å². The van der Waals surface area contributed by atoms with Gasteiger partial charge >= 0.3 is 16.2 Å². The number of rotatable bonds is 7. The van der Waals surface area contributed by atoms with Crippen molar-refractivity contribution in [2.45, 2.75) is 0 Å². The zero-order valence-corrected chi connectivity index (χ0v) is 20.0. The summed E-state index contributed by atoms with van der Waals surface area (Å²) in [5.74, 6) is 0.538. The Labute approximate surface area is 196 Å². The summed E-state index contributed by atoms with van der Waals surface area (Å²) in [7, 11) is 3.57. The van der Waals surface area contributed by atoms with Crippen LogP contribution < -0.4 is 14.2 Å². The normalized spacial score (nSPS) is 15.1. The van der Waals surface area contributed by atoms with Crippen molar-refractivity contribution in [3.63, 3.8) is 0 Å². The standard InChI is InChI=1S/C23H23N3O7S/c1-25(2)34(28,29)26-13-15(16-8-6-7-9-18(16)26)10-17-23(27)33-22(24-17)14-11-19(30-3)21(32-5)20(12-14)31-4/h6-13H,1-5H3. The van der Waals surface area contributed by atoms with Crippen molar-refractivity contribution < 1.29 is 32.2 Å². The molecule has 0 unspecified atom stereocenters. The average molecular weight is 486 g/mol. The third kappa shape index (κ3) is 3.88. The third-order valence-electron chi connectivity index (χ3n) is 5.24. The van der Waals surface area contributed by atoms with Gasteiger partial charge in [-0.1, -0.05) is 18.2 Å². The Balaban J connectivity index is 1.82. The molecule has 0 spiro atoms. The highest BCUT2D eigenvalue weighted by atomic mass is 32.2. The molecule has 34 heavy (non-hydrogen) atoms. The maximum atomic E-state index is 12.8. The van der Waals surface area contributed by atoms with Crippen molar-refractivity contribution in [3.05, 3.63) is 59.4 Å². The van der Waals surface area contributed by atoms with Crippen LogP contribution in [0.5, 0.6) is 17.2 Å². The van der Waals surface area contributed by atoms with Gasteiger partial charge in [0.05, 0.1) is 26.8 Å². The van der Waals surface area contributed by atoms with E-state index in [1.807, 2.05) is 0 Å². The van der Waals surface area contributed by atoms with E-state index in [0.717, 1.165) is 4.31 Å². The number of benzene rings is 2. The quantitative estimate of drug-likeness (QED) is 0.374. The van der Waals surface area contributed by atoms with Gasteiger partial charge in [-0.25, -0.2) is 13.8 Å². The number of methoxy groups -OCH3 is 3. The van der Waals surface area contributed by atoms with E-state index in [1.165, 1.54) is 51.7 Å². The van der Waals surface area contributed by atoms with Gasteiger partial charge in [0.15, 0.2) is 17.2 Å². The van der Waals surface area contributed by atoms with Gasteiger partial charge in [-0.2, -0.15) is 12.7 Å². The molecule has 0 bridgehead atoms. The van der Waals surface area contributed by atoms with E-state index in [0.29, 0.717) is 39.3 Å². The Kier molecular flexibility index (Phi) is 6.07. The number of carbonyl (C=O) groups excluding carboxylic acids is 1. The molecule has 4 rings (SSSR count). The highest BCUT2D eigenvalue weighted by molar-refractivity contribution is 7.87. The monoisotopic (exact) mass is 485 g/mol. The largest absolute Gasteiger partial charge is 0.493 e. The Morgan fingerprint density at radius 1 is 1.03 bits per heavy atom. The molecular weight excluding hydrogens is 462 g/mol. The molecular formula is C23H23N3O7S. The highest BCUT2D eigenvalue weighted by Gasteiger charge is 2.28. The Hall–Kier alpha value is -3.83. The van der Waals surface area contributed by atoms with E-state index in [2.05, 4.69) is 4.99 Å². The molecule has 178 valence electrons. The van der Waals surface area contributed by atoms with Gasteiger partial charge in [-0.05, 0) is 24.3 Å². The number of aromatic nitrogens is 1. The summed E-state index contributed by atoms with van der Waals surface area (Å²) in [6, 6.07) is 10.2. The fourth-order valence-electron chi connectivity index (χ4n) is 3.54. The van der Waals surface area contributed by atoms with E-state index in [1.54, 1.807) is 36.4 Å². The molecule has 0 aliphatic carbocycles. The van der Waals surface area contributed by atoms with Crippen LogP contribution in [0.1, 0.15) is 11.1 Å². The molecule has 1 aliphatic rings. The summed E-state index contributed by atoms with van der Waals surface area (Å²) < 4.78 is 49.3. The van der Waals surface area contributed by atoms with Gasteiger partial charge < -0.3 is 18.9 Å². The molecule has 11 heteroatoms. The lowest BCUT2D eigenvalue weighted by Crippen LogP contribution is -2.28. The maximum Gasteiger partial charge on any atom is 0.363 e. The van der Waals surface area contributed by atoms with E-state index >= 15 is 0 Å². The first-order valence-corrected chi connectivity index (χ1v) is 11.5. The SMILES string of the molecule is COc1cc(C2=NC(=Cc3cn(S(=O)(=O)N(C)C)c4ccccc34)C(=O)O2)cc(OC)c1OC. The Morgan fingerprint density at radius 3 is 2.26 bits per heavy atom. The van der Waals surface area contributed by atoms with Crippen LogP contribution in [-0.4, -0.2) is 64.0 Å². The molecule has 0 atom stereocenters. The van der Waals surface area contributed by atoms with Gasteiger partial charge in [0.2, 0.25) is 11.6 Å². The smallest absolute Gasteiger partial charge is 0.363 e. The summed E-state index contributed by atoms with van der Waals surface area (Å²) in [5, 5.41) is 0.643. The van der Waals surface area contributed by atoms with Crippen molar-refractivity contribution in [2.75, 3.05) is 35.4 Å². The second-order valence-electron chi connectivity index (χ2n) is 7.44. The predicted octanol–water partition coefficient (Wildman–Crippen LogP) is 2.67. The van der Waals surface area contributed by atoms with E-state index < -0.39 is 16.2 Å². The van der Waals surface area contributed by atoms with Crippen LogP contribution >= 0.6 is 0 Å². The molecule has 3 aromatic rings. The molecule has 0 saturated heterocycles. The second-order valence-corrected chi connectivity index (χ2v) is 9.46. The average Bonchev–Trinajstić information content (AvgIpc) is 3.39. The molecule has 2 heterocycles. The van der Waals surface area contributed by atoms with E-state index in [-0.39, 0.29) is 11.6 Å². The number of ether oxygens (including phenoxy) is 4. The van der Waals surface area contributed by atoms with Crippen LogP contribution in [-0.2, 0) is 19.7 Å². The fraction of sp³-hybridized carbons (Fsp3) is 0.217. The summed E-state index contributed by atoms with van der Waals surface area (Å²) in [6.07, 6.45) is 2.95. The number of hydrogen-bond donors (Lipinski definition) is 0. The molecule has 0 radical (unpaired) electrons. The lowest BCUT2D eigenvalue weighted by Gasteiger charge is -2.13. The number of esters is 1. The second kappa shape index (κ2) is 8.84.